The molecule has 0 aromatic heterocycles. The molecule has 3 N–H and O–H groups in total. The Hall–Kier alpha value is -0.160. The van der Waals surface area contributed by atoms with Crippen molar-refractivity contribution in [2.75, 3.05) is 26.4 Å². The molecular formula is C8H19NO3. The van der Waals surface area contributed by atoms with Crippen molar-refractivity contribution in [1.82, 2.24) is 0 Å². The van der Waals surface area contributed by atoms with E-state index in [1.807, 2.05) is 6.92 Å². The maximum atomic E-state index is 9.38. The SMILES string of the molecule is CCC(C)(O)OCCOCCN. The Labute approximate surface area is 73.7 Å². The third-order valence-electron chi connectivity index (χ3n) is 1.56. The molecule has 0 radical (unpaired) electrons. The fourth-order valence-electron chi connectivity index (χ4n) is 0.608. The number of nitrogens with two attached hydrogens (primary N) is 1. The number of hydrogen-bond acceptors (Lipinski definition) is 4. The van der Waals surface area contributed by atoms with Crippen molar-refractivity contribution in [1.29, 1.82) is 0 Å². The monoisotopic (exact) mass is 177 g/mol. The van der Waals surface area contributed by atoms with Crippen molar-refractivity contribution < 1.29 is 14.6 Å². The topological polar surface area (TPSA) is 64.7 Å². The molecule has 0 aliphatic carbocycles. The van der Waals surface area contributed by atoms with Crippen LogP contribution in [0.25, 0.3) is 0 Å². The Balaban J connectivity index is 3.19. The summed E-state index contributed by atoms with van der Waals surface area (Å²) in [7, 11) is 0. The van der Waals surface area contributed by atoms with Gasteiger partial charge in [0.1, 0.15) is 0 Å². The van der Waals surface area contributed by atoms with E-state index in [0.717, 1.165) is 0 Å². The molecule has 1 unspecified atom stereocenters. The highest BCUT2D eigenvalue weighted by Gasteiger charge is 2.16. The van der Waals surface area contributed by atoms with E-state index in [1.54, 1.807) is 6.92 Å². The molecule has 0 aliphatic heterocycles. The van der Waals surface area contributed by atoms with Gasteiger partial charge in [-0.05, 0) is 13.3 Å². The van der Waals surface area contributed by atoms with Crippen LogP contribution in [0, 0.1) is 0 Å². The van der Waals surface area contributed by atoms with E-state index in [1.165, 1.54) is 0 Å². The Bertz CT molecular complexity index is 106. The van der Waals surface area contributed by atoms with Crippen molar-refractivity contribution in [3.8, 4) is 0 Å². The summed E-state index contributed by atoms with van der Waals surface area (Å²) in [6.07, 6.45) is 0.573. The lowest BCUT2D eigenvalue weighted by molar-refractivity contribution is -0.197. The molecule has 0 saturated heterocycles. The van der Waals surface area contributed by atoms with Gasteiger partial charge in [0.15, 0.2) is 5.79 Å². The molecule has 0 fully saturated rings. The van der Waals surface area contributed by atoms with E-state index < -0.39 is 5.79 Å². The van der Waals surface area contributed by atoms with E-state index in [-0.39, 0.29) is 0 Å². The van der Waals surface area contributed by atoms with Gasteiger partial charge < -0.3 is 20.3 Å². The molecule has 12 heavy (non-hydrogen) atoms. The third-order valence-corrected chi connectivity index (χ3v) is 1.56. The first-order chi connectivity index (χ1) is 5.62. The molecule has 4 heteroatoms. The molecule has 0 aliphatic rings. The predicted octanol–water partition coefficient (Wildman–Crippen LogP) is 0.0968. The molecule has 0 amide bonds. The minimum atomic E-state index is -1.02. The van der Waals surface area contributed by atoms with Crippen molar-refractivity contribution in [3.63, 3.8) is 0 Å². The summed E-state index contributed by atoms with van der Waals surface area (Å²) in [5.74, 6) is -1.02. The van der Waals surface area contributed by atoms with Crippen LogP contribution in [0.2, 0.25) is 0 Å². The largest absolute Gasteiger partial charge is 0.378 e. The number of aliphatic hydroxyl groups is 1. The highest BCUT2D eigenvalue weighted by Crippen LogP contribution is 2.09. The van der Waals surface area contributed by atoms with Crippen LogP contribution in [0.5, 0.6) is 0 Å². The molecule has 0 heterocycles. The molecule has 0 rings (SSSR count). The Morgan fingerprint density at radius 2 is 2.00 bits per heavy atom. The molecule has 0 spiro atoms. The van der Waals surface area contributed by atoms with Crippen LogP contribution in [0.3, 0.4) is 0 Å². The zero-order chi connectivity index (χ0) is 9.45. The zero-order valence-electron chi connectivity index (χ0n) is 7.88. The second-order valence-electron chi connectivity index (χ2n) is 2.78. The van der Waals surface area contributed by atoms with Crippen LogP contribution >= 0.6 is 0 Å². The molecule has 0 aromatic carbocycles. The van der Waals surface area contributed by atoms with Crippen LogP contribution in [-0.2, 0) is 9.47 Å². The van der Waals surface area contributed by atoms with Crippen LogP contribution < -0.4 is 5.73 Å². The first-order valence-electron chi connectivity index (χ1n) is 4.26. The average molecular weight is 177 g/mol. The van der Waals surface area contributed by atoms with E-state index in [2.05, 4.69) is 0 Å². The number of ether oxygens (including phenoxy) is 2. The molecule has 4 nitrogen and oxygen atoms in total. The average Bonchev–Trinajstić information content (AvgIpc) is 2.04. The Morgan fingerprint density at radius 1 is 1.33 bits per heavy atom. The lowest BCUT2D eigenvalue weighted by Gasteiger charge is -2.21. The lowest BCUT2D eigenvalue weighted by Crippen LogP contribution is -2.28. The first-order valence-corrected chi connectivity index (χ1v) is 4.26. The molecule has 0 saturated carbocycles. The van der Waals surface area contributed by atoms with Crippen molar-refractivity contribution in [2.45, 2.75) is 26.1 Å². The van der Waals surface area contributed by atoms with Gasteiger partial charge in [-0.25, -0.2) is 0 Å². The highest BCUT2D eigenvalue weighted by molar-refractivity contribution is 4.54. The fourth-order valence-corrected chi connectivity index (χ4v) is 0.608. The summed E-state index contributed by atoms with van der Waals surface area (Å²) < 4.78 is 10.2. The van der Waals surface area contributed by atoms with Gasteiger partial charge in [0.2, 0.25) is 0 Å². The lowest BCUT2D eigenvalue weighted by atomic mass is 10.2. The van der Waals surface area contributed by atoms with Crippen LogP contribution in [0.15, 0.2) is 0 Å². The summed E-state index contributed by atoms with van der Waals surface area (Å²) in [6, 6.07) is 0. The second kappa shape index (κ2) is 6.37. The summed E-state index contributed by atoms with van der Waals surface area (Å²) in [4.78, 5) is 0. The van der Waals surface area contributed by atoms with Crippen LogP contribution in [0.1, 0.15) is 20.3 Å². The van der Waals surface area contributed by atoms with Gasteiger partial charge in [0.05, 0.1) is 19.8 Å². The second-order valence-corrected chi connectivity index (χ2v) is 2.78. The van der Waals surface area contributed by atoms with Crippen LogP contribution in [0.4, 0.5) is 0 Å². The van der Waals surface area contributed by atoms with Gasteiger partial charge in [-0.1, -0.05) is 6.92 Å². The Morgan fingerprint density at radius 3 is 2.50 bits per heavy atom. The van der Waals surface area contributed by atoms with E-state index in [4.69, 9.17) is 15.2 Å². The fraction of sp³-hybridized carbons (Fsp3) is 1.00. The molecule has 0 aromatic rings. The van der Waals surface area contributed by atoms with E-state index in [0.29, 0.717) is 32.8 Å². The predicted molar refractivity (Wildman–Crippen MR) is 46.7 cm³/mol. The molecule has 1 atom stereocenters. The minimum Gasteiger partial charge on any atom is -0.378 e. The van der Waals surface area contributed by atoms with Gasteiger partial charge in [0, 0.05) is 6.54 Å². The summed E-state index contributed by atoms with van der Waals surface area (Å²) >= 11 is 0. The smallest absolute Gasteiger partial charge is 0.162 e. The van der Waals surface area contributed by atoms with Gasteiger partial charge in [-0.2, -0.15) is 0 Å². The zero-order valence-corrected chi connectivity index (χ0v) is 7.88. The minimum absolute atomic E-state index is 0.404. The number of hydrogen-bond donors (Lipinski definition) is 2. The normalized spacial score (nSPS) is 16.0. The van der Waals surface area contributed by atoms with Gasteiger partial charge in [-0.3, -0.25) is 0 Å². The Kier molecular flexibility index (Phi) is 6.28. The van der Waals surface area contributed by atoms with Gasteiger partial charge in [-0.15, -0.1) is 0 Å². The quantitative estimate of drug-likeness (QED) is 0.427. The van der Waals surface area contributed by atoms with Crippen LogP contribution in [-0.4, -0.2) is 37.3 Å². The van der Waals surface area contributed by atoms with E-state index >= 15 is 0 Å². The maximum Gasteiger partial charge on any atom is 0.162 e. The molecule has 0 bridgehead atoms. The molecule has 74 valence electrons. The highest BCUT2D eigenvalue weighted by atomic mass is 16.6. The summed E-state index contributed by atoms with van der Waals surface area (Å²) in [5, 5.41) is 9.38. The van der Waals surface area contributed by atoms with E-state index in [9.17, 15) is 5.11 Å². The van der Waals surface area contributed by atoms with Gasteiger partial charge in [0.25, 0.3) is 0 Å². The first kappa shape index (κ1) is 11.8. The number of rotatable bonds is 7. The third kappa shape index (κ3) is 6.54. The standard InChI is InChI=1S/C8H19NO3/c1-3-8(2,10)12-7-6-11-5-4-9/h10H,3-7,9H2,1-2H3. The maximum absolute atomic E-state index is 9.38. The summed E-state index contributed by atoms with van der Waals surface area (Å²) in [5.41, 5.74) is 5.21. The molecular weight excluding hydrogens is 158 g/mol. The van der Waals surface area contributed by atoms with Gasteiger partial charge >= 0.3 is 0 Å². The van der Waals surface area contributed by atoms with Crippen molar-refractivity contribution in [3.05, 3.63) is 0 Å². The van der Waals surface area contributed by atoms with Crippen molar-refractivity contribution in [2.24, 2.45) is 5.73 Å². The summed E-state index contributed by atoms with van der Waals surface area (Å²) in [6.45, 7) is 5.44. The van der Waals surface area contributed by atoms with Crippen molar-refractivity contribution >= 4 is 0 Å².